The predicted octanol–water partition coefficient (Wildman–Crippen LogP) is 3.40. The molecule has 0 unspecified atom stereocenters. The fraction of sp³-hybridized carbons (Fsp3) is 0.381. The van der Waals surface area contributed by atoms with Crippen molar-refractivity contribution in [3.63, 3.8) is 0 Å². The van der Waals surface area contributed by atoms with E-state index in [4.69, 9.17) is 4.74 Å². The van der Waals surface area contributed by atoms with Crippen molar-refractivity contribution >= 4 is 11.5 Å². The third-order valence-corrected chi connectivity index (χ3v) is 4.76. The first-order chi connectivity index (χ1) is 12.1. The standard InChI is InChI=1S/C21H26N2O2/c1-17-7-3-5-9-20(17)23-13-11-22(12-14-23)15-16-25-21-10-6-4-8-19(21)18(2)24/h3-10H,11-16H2,1-2H3. The second-order valence-electron chi connectivity index (χ2n) is 6.52. The zero-order valence-corrected chi connectivity index (χ0v) is 15.1. The van der Waals surface area contributed by atoms with Gasteiger partial charge in [-0.15, -0.1) is 0 Å². The van der Waals surface area contributed by atoms with Gasteiger partial charge in [0.15, 0.2) is 5.78 Å². The number of ether oxygens (including phenoxy) is 1. The first-order valence-corrected chi connectivity index (χ1v) is 8.91. The summed E-state index contributed by atoms with van der Waals surface area (Å²) in [7, 11) is 0. The highest BCUT2D eigenvalue weighted by Crippen LogP contribution is 2.21. The monoisotopic (exact) mass is 338 g/mol. The maximum absolute atomic E-state index is 11.6. The van der Waals surface area contributed by atoms with Crippen LogP contribution in [-0.2, 0) is 0 Å². The van der Waals surface area contributed by atoms with E-state index in [1.54, 1.807) is 6.92 Å². The first kappa shape index (κ1) is 17.5. The number of hydrogen-bond donors (Lipinski definition) is 0. The lowest BCUT2D eigenvalue weighted by molar-refractivity contribution is 0.101. The molecule has 0 radical (unpaired) electrons. The molecule has 0 saturated carbocycles. The number of rotatable bonds is 6. The average Bonchev–Trinajstić information content (AvgIpc) is 2.63. The van der Waals surface area contributed by atoms with Crippen molar-refractivity contribution in [1.82, 2.24) is 4.90 Å². The fourth-order valence-corrected chi connectivity index (χ4v) is 3.30. The van der Waals surface area contributed by atoms with Crippen molar-refractivity contribution in [2.75, 3.05) is 44.2 Å². The average molecular weight is 338 g/mol. The third kappa shape index (κ3) is 4.40. The first-order valence-electron chi connectivity index (χ1n) is 8.91. The van der Waals surface area contributed by atoms with Gasteiger partial charge in [0, 0.05) is 38.4 Å². The van der Waals surface area contributed by atoms with Crippen molar-refractivity contribution < 1.29 is 9.53 Å². The molecule has 2 aromatic carbocycles. The number of benzene rings is 2. The van der Waals surface area contributed by atoms with Gasteiger partial charge in [-0.1, -0.05) is 30.3 Å². The van der Waals surface area contributed by atoms with Gasteiger partial charge < -0.3 is 9.64 Å². The largest absolute Gasteiger partial charge is 0.491 e. The number of carbonyl (C=O) groups excluding carboxylic acids is 1. The van der Waals surface area contributed by atoms with Crippen LogP contribution in [0.1, 0.15) is 22.8 Å². The highest BCUT2D eigenvalue weighted by atomic mass is 16.5. The predicted molar refractivity (Wildman–Crippen MR) is 102 cm³/mol. The summed E-state index contributed by atoms with van der Waals surface area (Å²) in [6.45, 7) is 9.37. The zero-order chi connectivity index (χ0) is 17.6. The van der Waals surface area contributed by atoms with Crippen LogP contribution in [0.15, 0.2) is 48.5 Å². The third-order valence-electron chi connectivity index (χ3n) is 4.76. The quantitative estimate of drug-likeness (QED) is 0.756. The summed E-state index contributed by atoms with van der Waals surface area (Å²) in [5, 5.41) is 0. The lowest BCUT2D eigenvalue weighted by Gasteiger charge is -2.36. The van der Waals surface area contributed by atoms with E-state index in [0.29, 0.717) is 17.9 Å². The molecule has 0 N–H and O–H groups in total. The summed E-state index contributed by atoms with van der Waals surface area (Å²) < 4.78 is 5.86. The van der Waals surface area contributed by atoms with Gasteiger partial charge in [-0.05, 0) is 37.6 Å². The Hall–Kier alpha value is -2.33. The van der Waals surface area contributed by atoms with Crippen molar-refractivity contribution in [3.05, 3.63) is 59.7 Å². The van der Waals surface area contributed by atoms with Crippen LogP contribution in [0.2, 0.25) is 0 Å². The second kappa shape index (κ2) is 8.17. The molecule has 132 valence electrons. The highest BCUT2D eigenvalue weighted by Gasteiger charge is 2.18. The van der Waals surface area contributed by atoms with E-state index in [9.17, 15) is 4.79 Å². The summed E-state index contributed by atoms with van der Waals surface area (Å²) in [5.74, 6) is 0.732. The highest BCUT2D eigenvalue weighted by molar-refractivity contribution is 5.96. The number of piperazine rings is 1. The molecule has 0 spiro atoms. The molecule has 1 aliphatic heterocycles. The Kier molecular flexibility index (Phi) is 5.71. The van der Waals surface area contributed by atoms with E-state index in [-0.39, 0.29) is 5.78 Å². The van der Waals surface area contributed by atoms with E-state index < -0.39 is 0 Å². The summed E-state index contributed by atoms with van der Waals surface area (Å²) >= 11 is 0. The Morgan fingerprint density at radius 3 is 2.40 bits per heavy atom. The topological polar surface area (TPSA) is 32.8 Å². The molecule has 0 bridgehead atoms. The molecule has 3 rings (SSSR count). The summed E-state index contributed by atoms with van der Waals surface area (Å²) in [6.07, 6.45) is 0. The Bertz CT molecular complexity index is 721. The minimum absolute atomic E-state index is 0.0439. The molecule has 0 aliphatic carbocycles. The molecule has 1 fully saturated rings. The maximum atomic E-state index is 11.6. The second-order valence-corrected chi connectivity index (χ2v) is 6.52. The smallest absolute Gasteiger partial charge is 0.163 e. The Labute approximate surface area is 150 Å². The van der Waals surface area contributed by atoms with Crippen LogP contribution in [0.5, 0.6) is 5.75 Å². The van der Waals surface area contributed by atoms with Gasteiger partial charge in [0.2, 0.25) is 0 Å². The number of anilines is 1. The Morgan fingerprint density at radius 2 is 1.68 bits per heavy atom. The van der Waals surface area contributed by atoms with Gasteiger partial charge in [-0.25, -0.2) is 0 Å². The van der Waals surface area contributed by atoms with E-state index in [2.05, 4.69) is 41.0 Å². The van der Waals surface area contributed by atoms with Gasteiger partial charge in [-0.2, -0.15) is 0 Å². The zero-order valence-electron chi connectivity index (χ0n) is 15.1. The fourth-order valence-electron chi connectivity index (χ4n) is 3.30. The van der Waals surface area contributed by atoms with Crippen molar-refractivity contribution in [2.45, 2.75) is 13.8 Å². The minimum atomic E-state index is 0.0439. The maximum Gasteiger partial charge on any atom is 0.163 e. The van der Waals surface area contributed by atoms with E-state index >= 15 is 0 Å². The molecule has 2 aromatic rings. The summed E-state index contributed by atoms with van der Waals surface area (Å²) in [5.41, 5.74) is 3.33. The van der Waals surface area contributed by atoms with Crippen LogP contribution in [-0.4, -0.2) is 50.0 Å². The van der Waals surface area contributed by atoms with Crippen molar-refractivity contribution in [2.24, 2.45) is 0 Å². The minimum Gasteiger partial charge on any atom is -0.491 e. The van der Waals surface area contributed by atoms with E-state index in [1.807, 2.05) is 24.3 Å². The summed E-state index contributed by atoms with van der Waals surface area (Å²) in [4.78, 5) is 16.5. The van der Waals surface area contributed by atoms with Crippen LogP contribution in [0.4, 0.5) is 5.69 Å². The molecule has 25 heavy (non-hydrogen) atoms. The molecule has 4 heteroatoms. The lowest BCUT2D eigenvalue weighted by Crippen LogP contribution is -2.47. The number of hydrogen-bond acceptors (Lipinski definition) is 4. The number of aryl methyl sites for hydroxylation is 1. The Balaban J connectivity index is 1.47. The molecular formula is C21H26N2O2. The normalized spacial score (nSPS) is 15.2. The van der Waals surface area contributed by atoms with Gasteiger partial charge in [-0.3, -0.25) is 9.69 Å². The van der Waals surface area contributed by atoms with Crippen LogP contribution >= 0.6 is 0 Å². The number of ketones is 1. The molecular weight excluding hydrogens is 312 g/mol. The van der Waals surface area contributed by atoms with Gasteiger partial charge in [0.05, 0.1) is 5.56 Å². The van der Waals surface area contributed by atoms with Crippen molar-refractivity contribution in [3.8, 4) is 5.75 Å². The number of para-hydroxylation sites is 2. The van der Waals surface area contributed by atoms with Crippen LogP contribution < -0.4 is 9.64 Å². The number of carbonyl (C=O) groups is 1. The van der Waals surface area contributed by atoms with Gasteiger partial charge in [0.25, 0.3) is 0 Å². The van der Waals surface area contributed by atoms with Gasteiger partial charge in [0.1, 0.15) is 12.4 Å². The molecule has 1 heterocycles. The molecule has 0 atom stereocenters. The molecule has 1 saturated heterocycles. The van der Waals surface area contributed by atoms with E-state index in [1.165, 1.54) is 11.3 Å². The van der Waals surface area contributed by atoms with Crippen LogP contribution in [0, 0.1) is 6.92 Å². The SMILES string of the molecule is CC(=O)c1ccccc1OCCN1CCN(c2ccccc2C)CC1. The number of nitrogens with zero attached hydrogens (tertiary/aromatic N) is 2. The Morgan fingerprint density at radius 1 is 1.00 bits per heavy atom. The van der Waals surface area contributed by atoms with Crippen LogP contribution in [0.25, 0.3) is 0 Å². The van der Waals surface area contributed by atoms with Gasteiger partial charge >= 0.3 is 0 Å². The van der Waals surface area contributed by atoms with Crippen molar-refractivity contribution in [1.29, 1.82) is 0 Å². The molecule has 1 aliphatic rings. The number of Topliss-reactive ketones (excluding diaryl/α,β-unsaturated/α-hetero) is 1. The lowest BCUT2D eigenvalue weighted by atomic mass is 10.1. The molecule has 4 nitrogen and oxygen atoms in total. The summed E-state index contributed by atoms with van der Waals surface area (Å²) in [6, 6.07) is 16.0. The van der Waals surface area contributed by atoms with E-state index in [0.717, 1.165) is 32.7 Å². The van der Waals surface area contributed by atoms with Crippen LogP contribution in [0.3, 0.4) is 0 Å². The molecule has 0 aromatic heterocycles. The molecule has 0 amide bonds.